The molecule has 1 saturated heterocycles. The molecule has 0 bridgehead atoms. The van der Waals surface area contributed by atoms with Gasteiger partial charge in [-0.25, -0.2) is 4.98 Å². The highest BCUT2D eigenvalue weighted by molar-refractivity contribution is 5.84. The summed E-state index contributed by atoms with van der Waals surface area (Å²) in [4.78, 5) is 17.9. The van der Waals surface area contributed by atoms with Crippen LogP contribution in [0.3, 0.4) is 0 Å². The lowest BCUT2D eigenvalue weighted by molar-refractivity contribution is -0.141. The number of carbonyl (C=O) groups is 1. The lowest BCUT2D eigenvalue weighted by Gasteiger charge is -2.19. The van der Waals surface area contributed by atoms with Gasteiger partial charge in [-0.2, -0.15) is 13.2 Å². The first-order valence-corrected chi connectivity index (χ1v) is 9.41. The molecule has 1 unspecified atom stereocenters. The maximum atomic E-state index is 12.6. The average Bonchev–Trinajstić information content (AvgIpc) is 3.28. The number of nitrogens with one attached hydrogen (secondary N) is 1. The maximum Gasteiger partial charge on any atom is 0.433 e. The molecule has 0 saturated carbocycles. The second-order valence-corrected chi connectivity index (χ2v) is 7.40. The Bertz CT molecular complexity index is 1030. The number of rotatable bonds is 4. The number of alkyl halides is 3. The van der Waals surface area contributed by atoms with Crippen molar-refractivity contribution in [3.05, 3.63) is 60.0 Å². The van der Waals surface area contributed by atoms with Crippen molar-refractivity contribution in [2.45, 2.75) is 25.1 Å². The van der Waals surface area contributed by atoms with E-state index in [4.69, 9.17) is 0 Å². The molecule has 1 aliphatic rings. The molecule has 0 radical (unpaired) electrons. The number of halogens is 3. The Hall–Kier alpha value is -3.03. The third-order valence-corrected chi connectivity index (χ3v) is 5.27. The fourth-order valence-electron chi connectivity index (χ4n) is 3.76. The Morgan fingerprint density at radius 1 is 1.24 bits per heavy atom. The normalized spacial score (nSPS) is 17.1. The third-order valence-electron chi connectivity index (χ3n) is 5.27. The fourth-order valence-corrected chi connectivity index (χ4v) is 3.76. The van der Waals surface area contributed by atoms with E-state index in [-0.39, 0.29) is 11.9 Å². The number of fused-ring (bicyclic) bond motifs is 1. The minimum absolute atomic E-state index is 0.0368. The summed E-state index contributed by atoms with van der Waals surface area (Å²) in [6.45, 7) is 1.21. The number of pyridine rings is 1. The molecule has 1 fully saturated rings. The minimum atomic E-state index is -4.44. The van der Waals surface area contributed by atoms with Crippen molar-refractivity contribution in [2.24, 2.45) is 7.05 Å². The van der Waals surface area contributed by atoms with Gasteiger partial charge in [-0.1, -0.05) is 6.07 Å². The van der Waals surface area contributed by atoms with Crippen molar-refractivity contribution in [1.29, 1.82) is 0 Å². The van der Waals surface area contributed by atoms with E-state index in [1.54, 1.807) is 0 Å². The van der Waals surface area contributed by atoms with Crippen molar-refractivity contribution in [3.8, 4) is 0 Å². The molecule has 1 aromatic carbocycles. The molecule has 8 heteroatoms. The summed E-state index contributed by atoms with van der Waals surface area (Å²) in [5.41, 5.74) is 1.79. The van der Waals surface area contributed by atoms with E-state index in [1.165, 1.54) is 12.3 Å². The first-order valence-electron chi connectivity index (χ1n) is 9.41. The second-order valence-electron chi connectivity index (χ2n) is 7.40. The van der Waals surface area contributed by atoms with Gasteiger partial charge in [0.15, 0.2) is 0 Å². The molecule has 3 heterocycles. The van der Waals surface area contributed by atoms with Crippen LogP contribution in [0.4, 0.5) is 18.9 Å². The van der Waals surface area contributed by atoms with Crippen LogP contribution >= 0.6 is 0 Å². The molecule has 4 rings (SSSR count). The molecule has 1 amide bonds. The van der Waals surface area contributed by atoms with Gasteiger partial charge in [-0.15, -0.1) is 0 Å². The summed E-state index contributed by atoms with van der Waals surface area (Å²) in [5, 5.41) is 4.13. The molecule has 5 nitrogen and oxygen atoms in total. The van der Waals surface area contributed by atoms with Gasteiger partial charge < -0.3 is 14.8 Å². The molecule has 0 aliphatic carbocycles. The van der Waals surface area contributed by atoms with Gasteiger partial charge in [0.05, 0.1) is 18.3 Å². The third kappa shape index (κ3) is 4.21. The van der Waals surface area contributed by atoms with Crippen LogP contribution in [-0.4, -0.2) is 34.6 Å². The molecule has 3 aromatic rings. The van der Waals surface area contributed by atoms with Gasteiger partial charge in [-0.3, -0.25) is 4.79 Å². The molecule has 2 aromatic heterocycles. The van der Waals surface area contributed by atoms with Gasteiger partial charge in [0.25, 0.3) is 0 Å². The molecule has 1 aliphatic heterocycles. The van der Waals surface area contributed by atoms with E-state index in [0.29, 0.717) is 25.2 Å². The van der Waals surface area contributed by atoms with E-state index in [9.17, 15) is 18.0 Å². The largest absolute Gasteiger partial charge is 0.433 e. The monoisotopic (exact) mass is 402 g/mol. The first kappa shape index (κ1) is 19.3. The molecule has 1 atom stereocenters. The van der Waals surface area contributed by atoms with Crippen LogP contribution in [-0.2, 0) is 24.4 Å². The number of aromatic nitrogens is 2. The summed E-state index contributed by atoms with van der Waals surface area (Å²) >= 11 is 0. The van der Waals surface area contributed by atoms with Crippen LogP contribution in [0.15, 0.2) is 48.8 Å². The fraction of sp³-hybridized carbons (Fsp3) is 0.333. The summed E-state index contributed by atoms with van der Waals surface area (Å²) in [6, 6.07) is 10.4. The summed E-state index contributed by atoms with van der Waals surface area (Å²) in [5.74, 6) is -0.0577. The molecule has 1 N–H and O–H groups in total. The van der Waals surface area contributed by atoms with Crippen molar-refractivity contribution in [2.75, 3.05) is 18.0 Å². The molecular formula is C21H21F3N4O. The summed E-state index contributed by atoms with van der Waals surface area (Å²) in [7, 11) is 1.98. The highest BCUT2D eigenvalue weighted by Gasteiger charge is 2.32. The number of nitrogens with zero attached hydrogens (tertiary/aromatic N) is 3. The first-order chi connectivity index (χ1) is 13.8. The van der Waals surface area contributed by atoms with Crippen LogP contribution in [0, 0.1) is 0 Å². The van der Waals surface area contributed by atoms with Crippen LogP contribution < -0.4 is 10.2 Å². The zero-order valence-electron chi connectivity index (χ0n) is 15.9. The van der Waals surface area contributed by atoms with Crippen LogP contribution in [0.2, 0.25) is 0 Å². The Kier molecular flexibility index (Phi) is 4.94. The topological polar surface area (TPSA) is 50.2 Å². The van der Waals surface area contributed by atoms with Gasteiger partial charge in [0.2, 0.25) is 5.91 Å². The number of amides is 1. The highest BCUT2D eigenvalue weighted by atomic mass is 19.4. The molecular weight excluding hydrogens is 381 g/mol. The quantitative estimate of drug-likeness (QED) is 0.727. The standard InChI is InChI=1S/C21H21F3N4O/c1-27-8-6-15-10-14(2-4-18(15)27)11-20(29)26-16-7-9-28(13-16)17-3-5-19(25-12-17)21(22,23)24/h2-6,8,10,12,16H,7,9,11,13H2,1H3,(H,26,29). The number of carbonyl (C=O) groups excluding carboxylic acids is 1. The Morgan fingerprint density at radius 2 is 2.07 bits per heavy atom. The number of aryl methyl sites for hydroxylation is 1. The molecule has 0 spiro atoms. The predicted molar refractivity (Wildman–Crippen MR) is 105 cm³/mol. The van der Waals surface area contributed by atoms with Gasteiger partial charge >= 0.3 is 6.18 Å². The number of benzene rings is 1. The smallest absolute Gasteiger partial charge is 0.368 e. The second kappa shape index (κ2) is 7.42. The van der Waals surface area contributed by atoms with Crippen LogP contribution in [0.25, 0.3) is 10.9 Å². The predicted octanol–water partition coefficient (Wildman–Crippen LogP) is 3.53. The summed E-state index contributed by atoms with van der Waals surface area (Å²) < 4.78 is 40.0. The Balaban J connectivity index is 1.33. The van der Waals surface area contributed by atoms with E-state index in [0.717, 1.165) is 29.0 Å². The molecule has 29 heavy (non-hydrogen) atoms. The number of hydrogen-bond donors (Lipinski definition) is 1. The Labute approximate surface area is 166 Å². The average molecular weight is 402 g/mol. The van der Waals surface area contributed by atoms with E-state index in [1.807, 2.05) is 47.0 Å². The van der Waals surface area contributed by atoms with E-state index >= 15 is 0 Å². The van der Waals surface area contributed by atoms with Gasteiger partial charge in [-0.05, 0) is 47.7 Å². The zero-order chi connectivity index (χ0) is 20.6. The van der Waals surface area contributed by atoms with Crippen molar-refractivity contribution in [1.82, 2.24) is 14.9 Å². The maximum absolute atomic E-state index is 12.6. The highest BCUT2D eigenvalue weighted by Crippen LogP contribution is 2.29. The van der Waals surface area contributed by atoms with E-state index in [2.05, 4.69) is 10.3 Å². The van der Waals surface area contributed by atoms with Crippen LogP contribution in [0.5, 0.6) is 0 Å². The van der Waals surface area contributed by atoms with Crippen molar-refractivity contribution >= 4 is 22.5 Å². The minimum Gasteiger partial charge on any atom is -0.368 e. The van der Waals surface area contributed by atoms with Crippen LogP contribution in [0.1, 0.15) is 17.7 Å². The van der Waals surface area contributed by atoms with E-state index < -0.39 is 11.9 Å². The van der Waals surface area contributed by atoms with Crippen molar-refractivity contribution in [3.63, 3.8) is 0 Å². The molecule has 152 valence electrons. The lowest BCUT2D eigenvalue weighted by Crippen LogP contribution is -2.38. The Morgan fingerprint density at radius 3 is 2.79 bits per heavy atom. The van der Waals surface area contributed by atoms with Crippen molar-refractivity contribution < 1.29 is 18.0 Å². The van der Waals surface area contributed by atoms with Gasteiger partial charge in [0, 0.05) is 37.9 Å². The summed E-state index contributed by atoms with van der Waals surface area (Å²) in [6.07, 6.45) is -0.184. The number of hydrogen-bond acceptors (Lipinski definition) is 3. The number of anilines is 1. The SMILES string of the molecule is Cn1ccc2cc(CC(=O)NC3CCN(c4ccc(C(F)(F)F)nc4)C3)ccc21. The lowest BCUT2D eigenvalue weighted by atomic mass is 10.1. The zero-order valence-corrected chi connectivity index (χ0v) is 15.9. The van der Waals surface area contributed by atoms with Gasteiger partial charge in [0.1, 0.15) is 5.69 Å².